The predicted molar refractivity (Wildman–Crippen MR) is 204 cm³/mol. The maximum Gasteiger partial charge on any atom is 0.410 e. The fourth-order valence-electron chi connectivity index (χ4n) is 6.67. The van der Waals surface area contributed by atoms with Crippen molar-refractivity contribution in [2.45, 2.75) is 124 Å². The Labute approximate surface area is 317 Å². The van der Waals surface area contributed by atoms with Crippen LogP contribution >= 0.6 is 11.3 Å². The maximum absolute atomic E-state index is 14.0. The van der Waals surface area contributed by atoms with Crippen molar-refractivity contribution in [3.05, 3.63) is 41.0 Å². The number of unbranched alkanes of at least 4 members (excludes halogenated alkanes) is 1. The highest BCUT2D eigenvalue weighted by Gasteiger charge is 2.44. The molecule has 4 rings (SSSR count). The lowest BCUT2D eigenvalue weighted by Gasteiger charge is -2.35. The molecule has 292 valence electrons. The molecule has 2 aromatic rings. The van der Waals surface area contributed by atoms with Gasteiger partial charge < -0.3 is 35.6 Å². The number of carbonyl (C=O) groups is 5. The van der Waals surface area contributed by atoms with Crippen molar-refractivity contribution in [1.82, 2.24) is 30.7 Å². The topological polar surface area (TPSA) is 170 Å². The molecule has 0 radical (unpaired) electrons. The number of nitrogens with zero attached hydrogens (tertiary/aromatic N) is 3. The molecule has 5 amide bonds. The quantitative estimate of drug-likeness (QED) is 0.226. The lowest BCUT2D eigenvalue weighted by atomic mass is 9.85. The number of aliphatic hydroxyl groups excluding tert-OH is 1. The van der Waals surface area contributed by atoms with Gasteiger partial charge in [0.2, 0.25) is 23.6 Å². The van der Waals surface area contributed by atoms with Crippen LogP contribution < -0.4 is 16.0 Å². The molecule has 53 heavy (non-hydrogen) atoms. The van der Waals surface area contributed by atoms with E-state index in [0.717, 1.165) is 21.7 Å². The summed E-state index contributed by atoms with van der Waals surface area (Å²) in [7, 11) is 0. The van der Waals surface area contributed by atoms with Crippen LogP contribution in [0.2, 0.25) is 0 Å². The van der Waals surface area contributed by atoms with Crippen LogP contribution in [0.4, 0.5) is 4.79 Å². The summed E-state index contributed by atoms with van der Waals surface area (Å²) in [5.74, 6) is -1.31. The molecule has 0 bridgehead atoms. The van der Waals surface area contributed by atoms with E-state index in [1.54, 1.807) is 16.2 Å². The van der Waals surface area contributed by atoms with Crippen molar-refractivity contribution < 1.29 is 33.8 Å². The standard InChI is InChI=1S/C39H58N6O7S/c1-24(26-12-14-27(15-13-26)32-25(2)41-23-53-32)42-35(49)30-21-29(46)22-45(30)36(50)33(38(3,4)5)43-31(47)11-9-10-18-40-34(48)28-16-19-44(20-17-28)37(51)52-39(6,7)8/h12-15,23-24,28-30,33,46H,9-11,16-22H2,1-8H3,(H,40,48)(H,42,49)(H,43,47)/t24?,29-,30+,33?/m1/s1. The molecular formula is C39H58N6O7S. The number of likely N-dealkylation sites (tertiary alicyclic amines) is 2. The smallest absolute Gasteiger partial charge is 0.410 e. The largest absolute Gasteiger partial charge is 0.444 e. The van der Waals surface area contributed by atoms with Crippen molar-refractivity contribution in [2.75, 3.05) is 26.2 Å². The Bertz CT molecular complexity index is 1590. The average Bonchev–Trinajstić information content (AvgIpc) is 3.70. The number of aromatic nitrogens is 1. The Hall–Kier alpha value is -4.04. The highest BCUT2D eigenvalue weighted by Crippen LogP contribution is 2.30. The molecule has 1 aromatic heterocycles. The predicted octanol–water partition coefficient (Wildman–Crippen LogP) is 4.72. The second-order valence-corrected chi connectivity index (χ2v) is 17.2. The number of thiazole rings is 1. The summed E-state index contributed by atoms with van der Waals surface area (Å²) in [6.07, 6.45) is 1.25. The number of benzene rings is 1. The molecule has 2 fully saturated rings. The van der Waals surface area contributed by atoms with Crippen LogP contribution in [-0.2, 0) is 23.9 Å². The molecule has 4 atom stereocenters. The first-order chi connectivity index (χ1) is 24.8. The minimum Gasteiger partial charge on any atom is -0.444 e. The molecule has 14 heteroatoms. The first-order valence-corrected chi connectivity index (χ1v) is 19.6. The summed E-state index contributed by atoms with van der Waals surface area (Å²) in [5, 5.41) is 19.4. The molecule has 4 N–H and O–H groups in total. The summed E-state index contributed by atoms with van der Waals surface area (Å²) in [5.41, 5.74) is 3.50. The Morgan fingerprint density at radius 2 is 1.64 bits per heavy atom. The SMILES string of the molecule is Cc1ncsc1-c1ccc(C(C)NC(=O)[C@@H]2C[C@@H](O)CN2C(=O)C(NC(=O)CCCCNC(=O)C2CCN(C(=O)OC(C)(C)C)CC2)C(C)(C)C)cc1. The van der Waals surface area contributed by atoms with E-state index in [2.05, 4.69) is 20.9 Å². The third-order valence-corrected chi connectivity index (χ3v) is 10.7. The van der Waals surface area contributed by atoms with Crippen LogP contribution in [0.1, 0.15) is 104 Å². The van der Waals surface area contributed by atoms with Crippen molar-refractivity contribution >= 4 is 41.1 Å². The van der Waals surface area contributed by atoms with Gasteiger partial charge in [-0.2, -0.15) is 0 Å². The zero-order valence-corrected chi connectivity index (χ0v) is 33.3. The second kappa shape index (κ2) is 17.9. The number of amides is 5. The number of hydrogen-bond donors (Lipinski definition) is 4. The summed E-state index contributed by atoms with van der Waals surface area (Å²) >= 11 is 1.57. The Kier molecular flexibility index (Phi) is 14.1. The van der Waals surface area contributed by atoms with Gasteiger partial charge in [0.05, 0.1) is 28.2 Å². The van der Waals surface area contributed by atoms with Gasteiger partial charge in [0.1, 0.15) is 17.7 Å². The molecule has 1 aromatic carbocycles. The van der Waals surface area contributed by atoms with Gasteiger partial charge in [0.15, 0.2) is 0 Å². The van der Waals surface area contributed by atoms with Gasteiger partial charge in [-0.1, -0.05) is 45.0 Å². The van der Waals surface area contributed by atoms with E-state index in [1.165, 1.54) is 4.90 Å². The van der Waals surface area contributed by atoms with Crippen LogP contribution in [0, 0.1) is 18.3 Å². The van der Waals surface area contributed by atoms with E-state index in [1.807, 2.05) is 85.2 Å². The Morgan fingerprint density at radius 1 is 0.981 bits per heavy atom. The molecule has 0 aliphatic carbocycles. The van der Waals surface area contributed by atoms with Crippen LogP contribution in [-0.4, -0.2) is 99.6 Å². The first kappa shape index (κ1) is 41.7. The van der Waals surface area contributed by atoms with Crippen molar-refractivity contribution in [3.8, 4) is 10.4 Å². The summed E-state index contributed by atoms with van der Waals surface area (Å²) in [4.78, 5) is 74.1. The van der Waals surface area contributed by atoms with Gasteiger partial charge in [0.25, 0.3) is 0 Å². The zero-order chi connectivity index (χ0) is 39.1. The van der Waals surface area contributed by atoms with E-state index < -0.39 is 35.1 Å². The van der Waals surface area contributed by atoms with Gasteiger partial charge in [0, 0.05) is 44.9 Å². The van der Waals surface area contributed by atoms with Crippen molar-refractivity contribution in [1.29, 1.82) is 0 Å². The number of carbonyl (C=O) groups excluding carboxylic acids is 5. The van der Waals surface area contributed by atoms with Crippen LogP contribution in [0.25, 0.3) is 10.4 Å². The van der Waals surface area contributed by atoms with E-state index >= 15 is 0 Å². The number of aryl methyl sites for hydroxylation is 1. The molecule has 0 saturated carbocycles. The lowest BCUT2D eigenvalue weighted by Crippen LogP contribution is -2.57. The van der Waals surface area contributed by atoms with E-state index in [0.29, 0.717) is 45.3 Å². The number of nitrogens with one attached hydrogen (secondary N) is 3. The van der Waals surface area contributed by atoms with Crippen LogP contribution in [0.15, 0.2) is 29.8 Å². The fourth-order valence-corrected chi connectivity index (χ4v) is 7.48. The highest BCUT2D eigenvalue weighted by atomic mass is 32.1. The molecule has 2 aliphatic heterocycles. The van der Waals surface area contributed by atoms with Gasteiger partial charge in [-0.15, -0.1) is 11.3 Å². The molecule has 2 saturated heterocycles. The third kappa shape index (κ3) is 11.7. The molecular weight excluding hydrogens is 697 g/mol. The minimum absolute atomic E-state index is 0.00360. The Morgan fingerprint density at radius 3 is 2.23 bits per heavy atom. The highest BCUT2D eigenvalue weighted by molar-refractivity contribution is 7.13. The van der Waals surface area contributed by atoms with Gasteiger partial charge in [-0.25, -0.2) is 9.78 Å². The maximum atomic E-state index is 14.0. The van der Waals surface area contributed by atoms with Crippen LogP contribution in [0.5, 0.6) is 0 Å². The number of rotatable bonds is 12. The number of ether oxygens (including phenoxy) is 1. The average molecular weight is 755 g/mol. The number of piperidine rings is 1. The molecule has 3 heterocycles. The first-order valence-electron chi connectivity index (χ1n) is 18.7. The number of β-amino-alcohol motifs (C(OH)–C–C–N with tert-alkyl or cyclic N) is 1. The van der Waals surface area contributed by atoms with Gasteiger partial charge >= 0.3 is 6.09 Å². The van der Waals surface area contributed by atoms with Gasteiger partial charge in [-0.3, -0.25) is 19.2 Å². The monoisotopic (exact) mass is 754 g/mol. The lowest BCUT2D eigenvalue weighted by molar-refractivity contribution is -0.144. The second-order valence-electron chi connectivity index (χ2n) is 16.4. The molecule has 13 nitrogen and oxygen atoms in total. The molecule has 0 spiro atoms. The summed E-state index contributed by atoms with van der Waals surface area (Å²) in [6.45, 7) is 16.2. The van der Waals surface area contributed by atoms with E-state index in [4.69, 9.17) is 4.74 Å². The summed E-state index contributed by atoms with van der Waals surface area (Å²) < 4.78 is 5.43. The van der Waals surface area contributed by atoms with Crippen molar-refractivity contribution in [3.63, 3.8) is 0 Å². The molecule has 2 unspecified atom stereocenters. The summed E-state index contributed by atoms with van der Waals surface area (Å²) in [6, 6.07) is 5.79. The fraction of sp³-hybridized carbons (Fsp3) is 0.641. The molecule has 2 aliphatic rings. The zero-order valence-electron chi connectivity index (χ0n) is 32.5. The van der Waals surface area contributed by atoms with Crippen LogP contribution in [0.3, 0.4) is 0 Å². The van der Waals surface area contributed by atoms with E-state index in [9.17, 15) is 29.1 Å². The third-order valence-electron chi connectivity index (χ3n) is 9.71. The van der Waals surface area contributed by atoms with Crippen molar-refractivity contribution in [2.24, 2.45) is 11.3 Å². The van der Waals surface area contributed by atoms with E-state index in [-0.39, 0.29) is 55.2 Å². The Balaban J connectivity index is 1.23. The normalized spacial score (nSPS) is 19.3. The number of aliphatic hydroxyl groups is 1. The van der Waals surface area contributed by atoms with Gasteiger partial charge in [-0.05, 0) is 76.8 Å². The minimum atomic E-state index is -0.915. The number of hydrogen-bond acceptors (Lipinski definition) is 9.